The van der Waals surface area contributed by atoms with Crippen molar-refractivity contribution in [3.8, 4) is 0 Å². The van der Waals surface area contributed by atoms with Gasteiger partial charge in [-0.2, -0.15) is 0 Å². The summed E-state index contributed by atoms with van der Waals surface area (Å²) in [7, 11) is 0. The number of benzene rings is 1. The van der Waals surface area contributed by atoms with Crippen LogP contribution in [0.4, 0.5) is 5.69 Å². The van der Waals surface area contributed by atoms with E-state index in [0.29, 0.717) is 19.5 Å². The molecule has 1 amide bonds. The Morgan fingerprint density at radius 2 is 2.00 bits per heavy atom. The van der Waals surface area contributed by atoms with E-state index < -0.39 is 0 Å². The smallest absolute Gasteiger partial charge is 0.241 e. The minimum atomic E-state index is 0.169. The first-order chi connectivity index (χ1) is 8.22. The lowest BCUT2D eigenvalue weighted by molar-refractivity contribution is -0.133. The van der Waals surface area contributed by atoms with Gasteiger partial charge in [-0.25, -0.2) is 0 Å². The van der Waals surface area contributed by atoms with Crippen molar-refractivity contribution in [2.45, 2.75) is 19.8 Å². The first-order valence-electron chi connectivity index (χ1n) is 6.07. The van der Waals surface area contributed by atoms with Crippen LogP contribution in [0.25, 0.3) is 0 Å². The van der Waals surface area contributed by atoms with E-state index in [1.807, 2.05) is 5.01 Å². The number of rotatable bonds is 3. The Bertz CT molecular complexity index is 388. The maximum atomic E-state index is 11.9. The Morgan fingerprint density at radius 1 is 1.29 bits per heavy atom. The molecular formula is C13H19N3O. The van der Waals surface area contributed by atoms with Crippen LogP contribution in [0.1, 0.15) is 18.4 Å². The molecule has 92 valence electrons. The highest BCUT2D eigenvalue weighted by Crippen LogP contribution is 2.22. The summed E-state index contributed by atoms with van der Waals surface area (Å²) in [4.78, 5) is 11.9. The number of carbonyl (C=O) groups is 1. The third-order valence-electron chi connectivity index (χ3n) is 3.01. The lowest BCUT2D eigenvalue weighted by Gasteiger charge is -2.39. The summed E-state index contributed by atoms with van der Waals surface area (Å²) in [5, 5.41) is 3.81. The molecule has 0 radical (unpaired) electrons. The molecule has 17 heavy (non-hydrogen) atoms. The Hall–Kier alpha value is -1.55. The van der Waals surface area contributed by atoms with Crippen LogP contribution < -0.4 is 10.7 Å². The summed E-state index contributed by atoms with van der Waals surface area (Å²) in [6, 6.07) is 8.24. The van der Waals surface area contributed by atoms with Gasteiger partial charge >= 0.3 is 0 Å². The van der Waals surface area contributed by atoms with Gasteiger partial charge in [0.05, 0.1) is 12.2 Å². The minimum absolute atomic E-state index is 0.169. The fourth-order valence-electron chi connectivity index (χ4n) is 2.12. The van der Waals surface area contributed by atoms with Gasteiger partial charge in [0.2, 0.25) is 5.91 Å². The van der Waals surface area contributed by atoms with Gasteiger partial charge in [0.1, 0.15) is 0 Å². The van der Waals surface area contributed by atoms with Gasteiger partial charge in [0, 0.05) is 19.5 Å². The average molecular weight is 233 g/mol. The molecule has 1 aromatic rings. The molecule has 0 spiro atoms. The van der Waals surface area contributed by atoms with Crippen molar-refractivity contribution in [1.82, 2.24) is 5.01 Å². The van der Waals surface area contributed by atoms with E-state index >= 15 is 0 Å². The fraction of sp³-hybridized carbons (Fsp3) is 0.462. The maximum absolute atomic E-state index is 11.9. The standard InChI is InChI=1S/C13H19N3O/c1-11-4-6-12(7-5-11)15-9-2-3-13(17)16(15)10-8-14/h4-7H,2-3,8-10,14H2,1H3. The molecule has 1 fully saturated rings. The van der Waals surface area contributed by atoms with E-state index in [9.17, 15) is 4.79 Å². The van der Waals surface area contributed by atoms with E-state index in [1.54, 1.807) is 5.01 Å². The lowest BCUT2D eigenvalue weighted by atomic mass is 10.2. The number of aryl methyl sites for hydroxylation is 1. The van der Waals surface area contributed by atoms with E-state index in [2.05, 4.69) is 31.2 Å². The molecule has 0 bridgehead atoms. The number of nitrogens with zero attached hydrogens (tertiary/aromatic N) is 2. The predicted octanol–water partition coefficient (Wildman–Crippen LogP) is 1.30. The number of hydrazine groups is 1. The van der Waals surface area contributed by atoms with Crippen molar-refractivity contribution in [3.05, 3.63) is 29.8 Å². The first kappa shape index (κ1) is 11.9. The maximum Gasteiger partial charge on any atom is 0.241 e. The van der Waals surface area contributed by atoms with Gasteiger partial charge in [-0.15, -0.1) is 0 Å². The van der Waals surface area contributed by atoms with Gasteiger partial charge in [0.25, 0.3) is 0 Å². The highest BCUT2D eigenvalue weighted by molar-refractivity contribution is 5.79. The predicted molar refractivity (Wildman–Crippen MR) is 68.5 cm³/mol. The minimum Gasteiger partial charge on any atom is -0.329 e. The van der Waals surface area contributed by atoms with Crippen molar-refractivity contribution in [2.24, 2.45) is 5.73 Å². The van der Waals surface area contributed by atoms with Crippen LogP contribution in [0.15, 0.2) is 24.3 Å². The van der Waals surface area contributed by atoms with Crippen molar-refractivity contribution in [2.75, 3.05) is 24.6 Å². The van der Waals surface area contributed by atoms with E-state index in [4.69, 9.17) is 5.73 Å². The first-order valence-corrected chi connectivity index (χ1v) is 6.07. The molecular weight excluding hydrogens is 214 g/mol. The molecule has 4 nitrogen and oxygen atoms in total. The third kappa shape index (κ3) is 2.58. The number of amides is 1. The molecule has 0 saturated carbocycles. The molecule has 0 unspecified atom stereocenters. The lowest BCUT2D eigenvalue weighted by Crippen LogP contribution is -2.52. The number of nitrogens with two attached hydrogens (primary N) is 1. The number of hydrogen-bond acceptors (Lipinski definition) is 3. The van der Waals surface area contributed by atoms with Crippen LogP contribution in [0.5, 0.6) is 0 Å². The van der Waals surface area contributed by atoms with Crippen molar-refractivity contribution in [1.29, 1.82) is 0 Å². The highest BCUT2D eigenvalue weighted by atomic mass is 16.2. The molecule has 1 aliphatic rings. The Balaban J connectivity index is 2.21. The molecule has 1 aromatic carbocycles. The second-order valence-electron chi connectivity index (χ2n) is 4.37. The Labute approximate surface area is 102 Å². The third-order valence-corrected chi connectivity index (χ3v) is 3.01. The molecule has 1 aliphatic heterocycles. The summed E-state index contributed by atoms with van der Waals surface area (Å²) in [6.45, 7) is 4.03. The highest BCUT2D eigenvalue weighted by Gasteiger charge is 2.25. The second-order valence-corrected chi connectivity index (χ2v) is 4.37. The van der Waals surface area contributed by atoms with Crippen LogP contribution in [0, 0.1) is 6.92 Å². The molecule has 0 atom stereocenters. The largest absolute Gasteiger partial charge is 0.329 e. The molecule has 1 saturated heterocycles. The quantitative estimate of drug-likeness (QED) is 0.856. The zero-order valence-corrected chi connectivity index (χ0v) is 10.2. The topological polar surface area (TPSA) is 49.6 Å². The summed E-state index contributed by atoms with van der Waals surface area (Å²) >= 11 is 0. The Kier molecular flexibility index (Phi) is 3.64. The molecule has 4 heteroatoms. The molecule has 2 N–H and O–H groups in total. The number of anilines is 1. The number of hydrogen-bond donors (Lipinski definition) is 1. The molecule has 2 rings (SSSR count). The number of carbonyl (C=O) groups excluding carboxylic acids is 1. The van der Waals surface area contributed by atoms with Crippen molar-refractivity contribution in [3.63, 3.8) is 0 Å². The SMILES string of the molecule is Cc1ccc(N2CCCC(=O)N2CCN)cc1. The van der Waals surface area contributed by atoms with Gasteiger partial charge in [-0.05, 0) is 25.5 Å². The fourth-order valence-corrected chi connectivity index (χ4v) is 2.12. The van der Waals surface area contributed by atoms with E-state index in [-0.39, 0.29) is 5.91 Å². The molecule has 1 heterocycles. The van der Waals surface area contributed by atoms with Gasteiger partial charge in [-0.3, -0.25) is 14.8 Å². The van der Waals surface area contributed by atoms with Gasteiger partial charge < -0.3 is 5.73 Å². The van der Waals surface area contributed by atoms with Crippen LogP contribution in [-0.2, 0) is 4.79 Å². The van der Waals surface area contributed by atoms with Crippen molar-refractivity contribution < 1.29 is 4.79 Å². The molecule has 0 aromatic heterocycles. The van der Waals surface area contributed by atoms with Crippen LogP contribution >= 0.6 is 0 Å². The summed E-state index contributed by atoms with van der Waals surface area (Å²) < 4.78 is 0. The zero-order chi connectivity index (χ0) is 12.3. The monoisotopic (exact) mass is 233 g/mol. The normalized spacial score (nSPS) is 16.5. The summed E-state index contributed by atoms with van der Waals surface area (Å²) in [5.74, 6) is 0.169. The van der Waals surface area contributed by atoms with Crippen LogP contribution in [0.2, 0.25) is 0 Å². The Morgan fingerprint density at radius 3 is 2.65 bits per heavy atom. The second kappa shape index (κ2) is 5.19. The van der Waals surface area contributed by atoms with Crippen LogP contribution in [0.3, 0.4) is 0 Å². The summed E-state index contributed by atoms with van der Waals surface area (Å²) in [5.41, 5.74) is 7.86. The summed E-state index contributed by atoms with van der Waals surface area (Å²) in [6.07, 6.45) is 1.54. The average Bonchev–Trinajstić information content (AvgIpc) is 2.33. The van der Waals surface area contributed by atoms with E-state index in [0.717, 1.165) is 18.7 Å². The zero-order valence-electron chi connectivity index (χ0n) is 10.2. The van der Waals surface area contributed by atoms with Crippen molar-refractivity contribution >= 4 is 11.6 Å². The van der Waals surface area contributed by atoms with E-state index in [1.165, 1.54) is 5.56 Å². The van der Waals surface area contributed by atoms with Gasteiger partial charge in [0.15, 0.2) is 0 Å². The van der Waals surface area contributed by atoms with Crippen LogP contribution in [-0.4, -0.2) is 30.6 Å². The van der Waals surface area contributed by atoms with Gasteiger partial charge in [-0.1, -0.05) is 17.7 Å². The molecule has 0 aliphatic carbocycles.